The SMILES string of the molecule is COc1cc2c(cc1Nc1ncc(Br)c(Nc3ccc4nccnc4c3P(C)C)n1)-c1cnn(C)c1CCN2C1CCOCC1. The average Bonchev–Trinajstić information content (AvgIpc) is 3.34. The van der Waals surface area contributed by atoms with Crippen LogP contribution in [0.25, 0.3) is 22.2 Å². The summed E-state index contributed by atoms with van der Waals surface area (Å²) in [6, 6.07) is 8.72. The number of aromatic nitrogens is 6. The van der Waals surface area contributed by atoms with Gasteiger partial charge >= 0.3 is 0 Å². The number of rotatable bonds is 7. The highest BCUT2D eigenvalue weighted by Crippen LogP contribution is 2.44. The highest BCUT2D eigenvalue weighted by Gasteiger charge is 2.30. The minimum atomic E-state index is -0.485. The van der Waals surface area contributed by atoms with E-state index in [1.807, 2.05) is 30.1 Å². The number of ether oxygens (including phenoxy) is 2. The first-order valence-corrected chi connectivity index (χ1v) is 18.0. The number of nitrogens with one attached hydrogen (secondary N) is 2. The molecular weight excluding hydrogens is 653 g/mol. The van der Waals surface area contributed by atoms with Crippen LogP contribution in [0, 0.1) is 0 Å². The summed E-state index contributed by atoms with van der Waals surface area (Å²) in [7, 11) is 3.23. The molecule has 2 aliphatic heterocycles. The molecule has 7 rings (SSSR count). The predicted octanol–water partition coefficient (Wildman–Crippen LogP) is 5.99. The Balaban J connectivity index is 1.26. The number of aryl methyl sites for hydroxylation is 1. The standard InChI is InChI=1S/C32H35BrN9O2P/c1-41-26-7-12-42(19-8-13-44-14-9-19)27-16-28(43-2)25(15-20(27)21(26)17-37-41)39-32-36-18-22(33)31(40-32)38-24-6-5-23-29(30(24)45(3)4)35-11-10-34-23/h5-6,10-11,15-19H,7-9,12-14H2,1-4H3,(H2,36,38,39,40). The van der Waals surface area contributed by atoms with Crippen molar-refractivity contribution >= 4 is 69.0 Å². The van der Waals surface area contributed by atoms with Crippen LogP contribution in [0.4, 0.5) is 28.8 Å². The Morgan fingerprint density at radius 2 is 1.82 bits per heavy atom. The van der Waals surface area contributed by atoms with Crippen LogP contribution in [0.5, 0.6) is 5.75 Å². The summed E-state index contributed by atoms with van der Waals surface area (Å²) in [5, 5.41) is 12.7. The van der Waals surface area contributed by atoms with E-state index >= 15 is 0 Å². The minimum absolute atomic E-state index is 0.407. The average molecular weight is 689 g/mol. The van der Waals surface area contributed by atoms with Crippen LogP contribution in [-0.2, 0) is 18.2 Å². The molecule has 13 heteroatoms. The van der Waals surface area contributed by atoms with Gasteiger partial charge in [-0.15, -0.1) is 0 Å². The zero-order valence-electron chi connectivity index (χ0n) is 25.7. The number of halogens is 1. The Hall–Kier alpha value is -3.86. The molecule has 0 bridgehead atoms. The number of anilines is 5. The van der Waals surface area contributed by atoms with Gasteiger partial charge in [-0.1, -0.05) is 7.92 Å². The third-order valence-electron chi connectivity index (χ3n) is 8.50. The normalized spacial score (nSPS) is 15.1. The molecule has 0 unspecified atom stereocenters. The smallest absolute Gasteiger partial charge is 0.229 e. The molecule has 5 aromatic rings. The van der Waals surface area contributed by atoms with Gasteiger partial charge in [0.05, 0.1) is 34.5 Å². The van der Waals surface area contributed by atoms with Crippen molar-refractivity contribution in [1.82, 2.24) is 29.7 Å². The van der Waals surface area contributed by atoms with Crippen molar-refractivity contribution in [1.29, 1.82) is 0 Å². The van der Waals surface area contributed by atoms with E-state index in [1.54, 1.807) is 25.7 Å². The molecule has 2 aromatic carbocycles. The molecule has 0 saturated carbocycles. The summed E-state index contributed by atoms with van der Waals surface area (Å²) >= 11 is 3.65. The second kappa shape index (κ2) is 12.5. The van der Waals surface area contributed by atoms with Crippen LogP contribution in [0.1, 0.15) is 18.5 Å². The third kappa shape index (κ3) is 5.71. The number of methoxy groups -OCH3 is 1. The van der Waals surface area contributed by atoms with Gasteiger partial charge in [-0.2, -0.15) is 10.1 Å². The lowest BCUT2D eigenvalue weighted by molar-refractivity contribution is 0.0845. The first-order valence-electron chi connectivity index (χ1n) is 15.0. The van der Waals surface area contributed by atoms with Crippen LogP contribution >= 0.6 is 23.9 Å². The topological polar surface area (TPSA) is 115 Å². The zero-order chi connectivity index (χ0) is 31.1. The number of hydrogen-bond donors (Lipinski definition) is 2. The molecule has 2 N–H and O–H groups in total. The lowest BCUT2D eigenvalue weighted by Gasteiger charge is -2.36. The van der Waals surface area contributed by atoms with Crippen LogP contribution in [-0.4, -0.2) is 76.0 Å². The van der Waals surface area contributed by atoms with Crippen LogP contribution in [0.15, 0.2) is 53.5 Å². The summed E-state index contributed by atoms with van der Waals surface area (Å²) in [6.07, 6.45) is 10.1. The van der Waals surface area contributed by atoms with E-state index in [9.17, 15) is 0 Å². The Labute approximate surface area is 271 Å². The van der Waals surface area contributed by atoms with E-state index in [0.29, 0.717) is 17.8 Å². The molecule has 0 aliphatic carbocycles. The van der Waals surface area contributed by atoms with Crippen molar-refractivity contribution in [3.8, 4) is 16.9 Å². The summed E-state index contributed by atoms with van der Waals surface area (Å²) in [5.41, 5.74) is 8.12. The number of benzene rings is 2. The van der Waals surface area contributed by atoms with Gasteiger partial charge in [0.15, 0.2) is 0 Å². The van der Waals surface area contributed by atoms with Gasteiger partial charge in [0.1, 0.15) is 11.6 Å². The Bertz CT molecular complexity index is 1880. The van der Waals surface area contributed by atoms with Crippen molar-refractivity contribution in [2.45, 2.75) is 25.3 Å². The van der Waals surface area contributed by atoms with Gasteiger partial charge < -0.3 is 25.0 Å². The lowest BCUT2D eigenvalue weighted by atomic mass is 10.0. The Morgan fingerprint density at radius 1 is 1.00 bits per heavy atom. The second-order valence-corrected chi connectivity index (χ2v) is 14.5. The minimum Gasteiger partial charge on any atom is -0.494 e. The molecular formula is C32H35BrN9O2P. The third-order valence-corrected chi connectivity index (χ3v) is 10.4. The molecule has 5 heterocycles. The Kier molecular flexibility index (Phi) is 8.29. The monoisotopic (exact) mass is 687 g/mol. The van der Waals surface area contributed by atoms with E-state index in [4.69, 9.17) is 14.5 Å². The highest BCUT2D eigenvalue weighted by atomic mass is 79.9. The zero-order valence-corrected chi connectivity index (χ0v) is 28.2. The van der Waals surface area contributed by atoms with Gasteiger partial charge in [0.2, 0.25) is 5.95 Å². The molecule has 45 heavy (non-hydrogen) atoms. The quantitative estimate of drug-likeness (QED) is 0.198. The fourth-order valence-corrected chi connectivity index (χ4v) is 7.83. The van der Waals surface area contributed by atoms with Crippen molar-refractivity contribution < 1.29 is 9.47 Å². The van der Waals surface area contributed by atoms with Crippen molar-refractivity contribution in [3.63, 3.8) is 0 Å². The maximum absolute atomic E-state index is 5.96. The molecule has 1 fully saturated rings. The van der Waals surface area contributed by atoms with Crippen molar-refractivity contribution in [2.75, 3.05) is 55.7 Å². The summed E-state index contributed by atoms with van der Waals surface area (Å²) in [4.78, 5) is 21.2. The van der Waals surface area contributed by atoms with E-state index in [0.717, 1.165) is 93.8 Å². The van der Waals surface area contributed by atoms with E-state index in [2.05, 4.69) is 77.0 Å². The summed E-state index contributed by atoms with van der Waals surface area (Å²) in [6.45, 7) is 6.91. The van der Waals surface area contributed by atoms with Gasteiger partial charge in [-0.3, -0.25) is 14.6 Å². The molecule has 11 nitrogen and oxygen atoms in total. The second-order valence-electron chi connectivity index (χ2n) is 11.4. The molecule has 1 saturated heterocycles. The first-order chi connectivity index (χ1) is 21.9. The maximum atomic E-state index is 5.96. The first kappa shape index (κ1) is 29.8. The molecule has 0 amide bonds. The summed E-state index contributed by atoms with van der Waals surface area (Å²) < 4.78 is 14.4. The van der Waals surface area contributed by atoms with Crippen molar-refractivity contribution in [3.05, 3.63) is 59.2 Å². The fourth-order valence-electron chi connectivity index (χ4n) is 6.33. The molecule has 3 aromatic heterocycles. The fraction of sp³-hybridized carbons (Fsp3) is 0.344. The van der Waals surface area contributed by atoms with Gasteiger partial charge in [-0.25, -0.2) is 4.98 Å². The number of nitrogens with zero attached hydrogens (tertiary/aromatic N) is 7. The maximum Gasteiger partial charge on any atom is 0.229 e. The van der Waals surface area contributed by atoms with Gasteiger partial charge in [0, 0.05) is 97.4 Å². The Morgan fingerprint density at radius 3 is 2.62 bits per heavy atom. The predicted molar refractivity (Wildman–Crippen MR) is 184 cm³/mol. The van der Waals surface area contributed by atoms with Crippen LogP contribution in [0.3, 0.4) is 0 Å². The molecule has 232 valence electrons. The van der Waals surface area contributed by atoms with E-state index in [-0.39, 0.29) is 0 Å². The van der Waals surface area contributed by atoms with Gasteiger partial charge in [0.25, 0.3) is 0 Å². The number of fused-ring (bicyclic) bond motifs is 4. The van der Waals surface area contributed by atoms with E-state index < -0.39 is 7.92 Å². The molecule has 0 spiro atoms. The molecule has 0 atom stereocenters. The molecule has 0 radical (unpaired) electrons. The highest BCUT2D eigenvalue weighted by molar-refractivity contribution is 9.10. The largest absolute Gasteiger partial charge is 0.494 e. The molecule has 2 aliphatic rings. The van der Waals surface area contributed by atoms with Gasteiger partial charge in [-0.05, 0) is 60.3 Å². The van der Waals surface area contributed by atoms with E-state index in [1.165, 1.54) is 5.69 Å². The van der Waals surface area contributed by atoms with Crippen LogP contribution < -0.4 is 25.6 Å². The van der Waals surface area contributed by atoms with Crippen molar-refractivity contribution in [2.24, 2.45) is 7.05 Å². The summed E-state index contributed by atoms with van der Waals surface area (Å²) in [5.74, 6) is 1.80. The van der Waals surface area contributed by atoms with Crippen LogP contribution in [0.2, 0.25) is 0 Å². The number of hydrogen-bond acceptors (Lipinski definition) is 10. The lowest BCUT2D eigenvalue weighted by Crippen LogP contribution is -2.40.